The lowest BCUT2D eigenvalue weighted by Gasteiger charge is -2.49. The van der Waals surface area contributed by atoms with Gasteiger partial charge in [-0.2, -0.15) is 0 Å². The molecule has 0 bridgehead atoms. The SMILES string of the molecule is C[N+]12CCC3=C[C@H](OC(=O)c4ccccc4Cl)[C@@H](OC(=O)c4ccccc4Cl)[C@@H](c4cc5c(cc4C1)OCO5)[C@@H]32.[I-]. The Kier molecular flexibility index (Phi) is 7.46. The van der Waals surface area contributed by atoms with E-state index in [9.17, 15) is 9.59 Å². The molecule has 7 nitrogen and oxygen atoms in total. The van der Waals surface area contributed by atoms with Gasteiger partial charge in [0.15, 0.2) is 23.7 Å². The van der Waals surface area contributed by atoms with Crippen LogP contribution in [-0.2, 0) is 16.0 Å². The van der Waals surface area contributed by atoms with E-state index in [1.165, 1.54) is 5.57 Å². The van der Waals surface area contributed by atoms with Crippen LogP contribution in [-0.4, -0.2) is 55.1 Å². The summed E-state index contributed by atoms with van der Waals surface area (Å²) in [6.07, 6.45) is 1.17. The third-order valence-electron chi connectivity index (χ3n) is 8.56. The molecule has 0 N–H and O–H groups in total. The van der Waals surface area contributed by atoms with Crippen molar-refractivity contribution in [1.82, 2.24) is 0 Å². The summed E-state index contributed by atoms with van der Waals surface area (Å²) in [7, 11) is 2.23. The molecule has 1 aliphatic carbocycles. The molecule has 3 aromatic carbocycles. The van der Waals surface area contributed by atoms with Crippen LogP contribution >= 0.6 is 23.2 Å². The Balaban J connectivity index is 0.00000302. The Hall–Kier alpha value is -2.79. The molecule has 10 heteroatoms. The van der Waals surface area contributed by atoms with Gasteiger partial charge in [0, 0.05) is 12.0 Å². The standard InChI is InChI=1S/C31H26Cl2NO6.HI/c1-34-11-10-17-12-26(39-30(35)19-6-2-4-8-22(19)32)29(40-31(36)20-7-3-5-9-23(20)33)27(28(17)34)21-14-25-24(37-16-38-25)13-18(21)15-34;/h2-9,12-14,26-29H,10-11,15-16H2,1H3;1H/q+1;/p-1/t26-,27-,28+,29+,34?;/m0./s1. The molecule has 0 amide bonds. The summed E-state index contributed by atoms with van der Waals surface area (Å²) in [6, 6.07) is 17.6. The maximum atomic E-state index is 13.6. The Morgan fingerprint density at radius 3 is 2.17 bits per heavy atom. The minimum atomic E-state index is -0.839. The molecule has 7 rings (SSSR count). The Bertz CT molecular complexity index is 1590. The monoisotopic (exact) mass is 705 g/mol. The number of carbonyl (C=O) groups is 2. The van der Waals surface area contributed by atoms with E-state index in [0.717, 1.165) is 35.1 Å². The van der Waals surface area contributed by atoms with Crippen molar-refractivity contribution in [2.45, 2.75) is 37.1 Å². The molecule has 41 heavy (non-hydrogen) atoms. The van der Waals surface area contributed by atoms with Crippen LogP contribution in [0.15, 0.2) is 72.3 Å². The number of nitrogens with zero attached hydrogens (tertiary/aromatic N) is 1. The van der Waals surface area contributed by atoms with Crippen LogP contribution in [0.1, 0.15) is 44.2 Å². The molecular formula is C31H26Cl2INO6. The number of esters is 2. The summed E-state index contributed by atoms with van der Waals surface area (Å²) in [5.41, 5.74) is 3.80. The summed E-state index contributed by atoms with van der Waals surface area (Å²) in [4.78, 5) is 27.0. The van der Waals surface area contributed by atoms with Gasteiger partial charge in [-0.25, -0.2) is 9.59 Å². The maximum absolute atomic E-state index is 13.6. The third kappa shape index (κ3) is 4.78. The number of likely N-dealkylation sites (N-methyl/N-ethyl adjacent to an activating group) is 1. The van der Waals surface area contributed by atoms with Crippen LogP contribution in [0.5, 0.6) is 11.5 Å². The molecule has 0 spiro atoms. The normalized spacial score (nSPS) is 26.7. The van der Waals surface area contributed by atoms with Gasteiger partial charge in [0.2, 0.25) is 6.79 Å². The Labute approximate surface area is 264 Å². The van der Waals surface area contributed by atoms with E-state index in [2.05, 4.69) is 7.05 Å². The number of quaternary nitrogens is 1. The zero-order chi connectivity index (χ0) is 27.6. The quantitative estimate of drug-likeness (QED) is 0.180. The second-order valence-corrected chi connectivity index (χ2v) is 11.7. The fourth-order valence-corrected chi connectivity index (χ4v) is 7.22. The summed E-state index contributed by atoms with van der Waals surface area (Å²) < 4.78 is 24.6. The number of fused-ring (bicyclic) bond motifs is 3. The van der Waals surface area contributed by atoms with E-state index in [1.54, 1.807) is 48.5 Å². The van der Waals surface area contributed by atoms with E-state index in [-0.39, 0.29) is 58.9 Å². The summed E-state index contributed by atoms with van der Waals surface area (Å²) in [5.74, 6) is -0.0835. The summed E-state index contributed by atoms with van der Waals surface area (Å²) in [5, 5.41) is 0.581. The first-order chi connectivity index (χ1) is 19.3. The molecule has 3 heterocycles. The molecule has 5 atom stereocenters. The highest BCUT2D eigenvalue weighted by molar-refractivity contribution is 6.34. The number of hydrogen-bond acceptors (Lipinski definition) is 6. The number of halogens is 3. The molecular weight excluding hydrogens is 680 g/mol. The second kappa shape index (κ2) is 10.8. The average molecular weight is 706 g/mol. The minimum Gasteiger partial charge on any atom is -1.00 e. The van der Waals surface area contributed by atoms with Crippen molar-refractivity contribution in [1.29, 1.82) is 0 Å². The van der Waals surface area contributed by atoms with Crippen molar-refractivity contribution in [3.05, 3.63) is 105 Å². The van der Waals surface area contributed by atoms with Gasteiger partial charge in [0.25, 0.3) is 0 Å². The van der Waals surface area contributed by atoms with E-state index < -0.39 is 24.1 Å². The first-order valence-corrected chi connectivity index (χ1v) is 14.0. The smallest absolute Gasteiger partial charge is 0.340 e. The topological polar surface area (TPSA) is 71.1 Å². The van der Waals surface area contributed by atoms with Gasteiger partial charge in [-0.05, 0) is 53.6 Å². The fraction of sp³-hybridized carbons (Fsp3) is 0.290. The van der Waals surface area contributed by atoms with Gasteiger partial charge in [0.05, 0.1) is 40.7 Å². The number of carbonyl (C=O) groups excluding carboxylic acids is 2. The lowest BCUT2D eigenvalue weighted by Crippen LogP contribution is -3.00. The van der Waals surface area contributed by atoms with Gasteiger partial charge in [-0.15, -0.1) is 0 Å². The van der Waals surface area contributed by atoms with Crippen molar-refractivity contribution in [2.24, 2.45) is 0 Å². The molecule has 1 fully saturated rings. The molecule has 3 aliphatic heterocycles. The second-order valence-electron chi connectivity index (χ2n) is 10.9. The van der Waals surface area contributed by atoms with E-state index in [4.69, 9.17) is 42.1 Å². The molecule has 212 valence electrons. The van der Waals surface area contributed by atoms with Crippen LogP contribution < -0.4 is 33.5 Å². The zero-order valence-corrected chi connectivity index (χ0v) is 25.7. The van der Waals surface area contributed by atoms with E-state index in [1.807, 2.05) is 18.2 Å². The van der Waals surface area contributed by atoms with Gasteiger partial charge in [-0.3, -0.25) is 0 Å². The molecule has 0 saturated carbocycles. The zero-order valence-electron chi connectivity index (χ0n) is 22.0. The lowest BCUT2D eigenvalue weighted by atomic mass is 9.72. The van der Waals surface area contributed by atoms with Crippen molar-refractivity contribution < 1.29 is 57.0 Å². The highest BCUT2D eigenvalue weighted by atomic mass is 127. The molecule has 0 radical (unpaired) electrons. The number of rotatable bonds is 4. The maximum Gasteiger partial charge on any atom is 0.340 e. The predicted molar refractivity (Wildman–Crippen MR) is 148 cm³/mol. The van der Waals surface area contributed by atoms with Crippen LogP contribution in [0.4, 0.5) is 0 Å². The van der Waals surface area contributed by atoms with E-state index >= 15 is 0 Å². The first kappa shape index (κ1) is 28.3. The highest BCUT2D eigenvalue weighted by Crippen LogP contribution is 2.53. The van der Waals surface area contributed by atoms with Gasteiger partial charge >= 0.3 is 11.9 Å². The molecule has 1 saturated heterocycles. The Morgan fingerprint density at radius 2 is 1.51 bits per heavy atom. The van der Waals surface area contributed by atoms with Crippen LogP contribution in [0, 0.1) is 0 Å². The Morgan fingerprint density at radius 1 is 0.902 bits per heavy atom. The number of benzene rings is 3. The highest BCUT2D eigenvalue weighted by Gasteiger charge is 2.59. The van der Waals surface area contributed by atoms with Crippen LogP contribution in [0.25, 0.3) is 0 Å². The van der Waals surface area contributed by atoms with Crippen LogP contribution in [0.3, 0.4) is 0 Å². The lowest BCUT2D eigenvalue weighted by molar-refractivity contribution is -0.935. The molecule has 3 aromatic rings. The van der Waals surface area contributed by atoms with Crippen LogP contribution in [0.2, 0.25) is 10.0 Å². The third-order valence-corrected chi connectivity index (χ3v) is 9.22. The average Bonchev–Trinajstić information content (AvgIpc) is 3.53. The molecule has 4 aliphatic rings. The van der Waals surface area contributed by atoms with Crippen molar-refractivity contribution >= 4 is 35.1 Å². The summed E-state index contributed by atoms with van der Waals surface area (Å²) in [6.45, 7) is 1.88. The van der Waals surface area contributed by atoms with Gasteiger partial charge < -0.3 is 47.4 Å². The van der Waals surface area contributed by atoms with E-state index in [0.29, 0.717) is 16.5 Å². The molecule has 0 aromatic heterocycles. The van der Waals surface area contributed by atoms with Crippen molar-refractivity contribution in [3.63, 3.8) is 0 Å². The van der Waals surface area contributed by atoms with Crippen molar-refractivity contribution in [3.8, 4) is 11.5 Å². The minimum absolute atomic E-state index is 0. The van der Waals surface area contributed by atoms with Gasteiger partial charge in [-0.1, -0.05) is 47.5 Å². The molecule has 1 unspecified atom stereocenters. The summed E-state index contributed by atoms with van der Waals surface area (Å²) >= 11 is 12.7. The largest absolute Gasteiger partial charge is 1.00 e. The van der Waals surface area contributed by atoms with Crippen molar-refractivity contribution in [2.75, 3.05) is 20.4 Å². The number of hydrogen-bond donors (Lipinski definition) is 0. The predicted octanol–water partition coefficient (Wildman–Crippen LogP) is 2.93. The van der Waals surface area contributed by atoms with Gasteiger partial charge in [0.1, 0.15) is 12.6 Å². The fourth-order valence-electron chi connectivity index (χ4n) is 6.79. The number of ether oxygens (including phenoxy) is 4. The first-order valence-electron chi connectivity index (χ1n) is 13.2.